The zero-order valence-corrected chi connectivity index (χ0v) is 53.0. The molecule has 6 unspecified atom stereocenters. The van der Waals surface area contributed by atoms with Crippen LogP contribution in [0.1, 0.15) is 259 Å². The van der Waals surface area contributed by atoms with Crippen molar-refractivity contribution in [1.82, 2.24) is 20.4 Å². The van der Waals surface area contributed by atoms with Gasteiger partial charge >= 0.3 is 0 Å². The van der Waals surface area contributed by atoms with Crippen LogP contribution in [0.3, 0.4) is 0 Å². The molecule has 0 aromatic rings. The Kier molecular flexibility index (Phi) is 51.7. The number of aliphatic hydroxyl groups is 4. The first-order valence-corrected chi connectivity index (χ1v) is 34.6. The SMILES string of the molecule is CCCCCCCC/C=C\CC(O)CN(CCSC(=O)CCC1NC(=O)C(CCC(=O)SCCN(CC(O)C/C=C\CCCCCCCC)CC(O)C/C=C\CCCCCCCC)NC1=O)CC(O)C/C=C\CCCCCCCC. The van der Waals surface area contributed by atoms with Crippen LogP contribution in [-0.2, 0) is 19.2 Å². The van der Waals surface area contributed by atoms with Gasteiger partial charge in [0.05, 0.1) is 24.4 Å². The zero-order valence-electron chi connectivity index (χ0n) is 51.3. The molecule has 14 heteroatoms. The van der Waals surface area contributed by atoms with Gasteiger partial charge in [-0.2, -0.15) is 0 Å². The van der Waals surface area contributed by atoms with Crippen LogP contribution in [0, 0.1) is 0 Å². The van der Waals surface area contributed by atoms with Gasteiger partial charge in [0.25, 0.3) is 0 Å². The minimum absolute atomic E-state index is 0.0951. The maximum atomic E-state index is 13.2. The Balaban J connectivity index is 2.64. The highest BCUT2D eigenvalue weighted by Gasteiger charge is 2.34. The van der Waals surface area contributed by atoms with Crippen LogP contribution in [0.25, 0.3) is 0 Å². The minimum Gasteiger partial charge on any atom is -0.391 e. The van der Waals surface area contributed by atoms with Gasteiger partial charge in [-0.15, -0.1) is 0 Å². The molecule has 0 radical (unpaired) electrons. The van der Waals surface area contributed by atoms with Crippen molar-refractivity contribution >= 4 is 45.6 Å². The lowest BCUT2D eigenvalue weighted by atomic mass is 10.0. The molecule has 1 aliphatic rings. The highest BCUT2D eigenvalue weighted by molar-refractivity contribution is 8.13. The van der Waals surface area contributed by atoms with Gasteiger partial charge in [-0.3, -0.25) is 29.0 Å². The summed E-state index contributed by atoms with van der Waals surface area (Å²) in [5, 5.41) is 49.3. The largest absolute Gasteiger partial charge is 0.391 e. The Morgan fingerprint density at radius 1 is 0.412 bits per heavy atom. The van der Waals surface area contributed by atoms with Gasteiger partial charge in [0.15, 0.2) is 10.2 Å². The molecule has 1 fully saturated rings. The second-order valence-electron chi connectivity index (χ2n) is 22.8. The van der Waals surface area contributed by atoms with Crippen LogP contribution >= 0.6 is 23.5 Å². The summed E-state index contributed by atoms with van der Waals surface area (Å²) in [5.74, 6) is 0.192. The topological polar surface area (TPSA) is 180 Å². The number of thioether (sulfide) groups is 2. The monoisotopic (exact) mass is 1160 g/mol. The van der Waals surface area contributed by atoms with E-state index in [0.29, 0.717) is 76.5 Å². The summed E-state index contributed by atoms with van der Waals surface area (Å²) < 4.78 is 0. The van der Waals surface area contributed by atoms with Crippen molar-refractivity contribution in [1.29, 1.82) is 0 Å². The molecule has 0 spiro atoms. The van der Waals surface area contributed by atoms with Crippen LogP contribution in [0.4, 0.5) is 0 Å². The molecule has 0 aromatic heterocycles. The second kappa shape index (κ2) is 54.6. The van der Waals surface area contributed by atoms with Gasteiger partial charge in [-0.25, -0.2) is 0 Å². The number of amides is 2. The standard InChI is InChI=1S/C66H120N4O8S2/c1-5-9-13-17-21-25-29-33-37-41-57(71)53-69(54-58(72)42-38-34-30-26-22-18-14-10-6-2)49-51-79-63(75)47-45-61-65(77)68-62(66(78)67-61)46-48-64(76)80-52-50-70(55-59(73)43-39-35-31-27-23-19-15-11-7-3)56-60(74)44-40-36-32-28-24-20-16-12-8-4/h33-40,57-62,71-74H,5-32,41-56H2,1-4H3,(H,67,78)(H,68,77)/b37-33-,38-34-,39-35-,40-36-. The smallest absolute Gasteiger partial charge is 0.243 e. The van der Waals surface area contributed by atoms with E-state index in [0.717, 1.165) is 51.4 Å². The van der Waals surface area contributed by atoms with Crippen molar-refractivity contribution in [2.45, 2.75) is 295 Å². The normalized spacial score (nSPS) is 16.7. The Hall–Kier alpha value is -2.30. The number of aliphatic hydroxyl groups excluding tert-OH is 4. The fourth-order valence-electron chi connectivity index (χ4n) is 9.99. The van der Waals surface area contributed by atoms with Crippen molar-refractivity contribution in [3.05, 3.63) is 48.6 Å². The van der Waals surface area contributed by atoms with Gasteiger partial charge in [0.2, 0.25) is 11.8 Å². The van der Waals surface area contributed by atoms with Crippen LogP contribution in [0.15, 0.2) is 48.6 Å². The summed E-state index contributed by atoms with van der Waals surface area (Å²) in [6.45, 7) is 11.5. The molecule has 6 atom stereocenters. The number of hydrogen-bond donors (Lipinski definition) is 6. The first-order chi connectivity index (χ1) is 38.9. The van der Waals surface area contributed by atoms with E-state index in [1.54, 1.807) is 0 Å². The number of hydrogen-bond acceptors (Lipinski definition) is 12. The lowest BCUT2D eigenvalue weighted by Gasteiger charge is -2.29. The number of carbonyl (C=O) groups is 4. The van der Waals surface area contributed by atoms with Gasteiger partial charge in [-0.1, -0.05) is 228 Å². The van der Waals surface area contributed by atoms with E-state index in [1.165, 1.54) is 152 Å². The molecule has 0 bridgehead atoms. The highest BCUT2D eigenvalue weighted by Crippen LogP contribution is 2.18. The fourth-order valence-corrected chi connectivity index (χ4v) is 11.7. The molecular weight excluding hydrogens is 1040 g/mol. The average Bonchev–Trinajstić information content (AvgIpc) is 3.43. The summed E-state index contributed by atoms with van der Waals surface area (Å²) in [7, 11) is 0. The van der Waals surface area contributed by atoms with Crippen molar-refractivity contribution < 1.29 is 39.6 Å². The molecule has 1 heterocycles. The van der Waals surface area contributed by atoms with Gasteiger partial charge in [-0.05, 0) is 89.9 Å². The molecule has 0 saturated carbocycles. The molecule has 0 aliphatic carbocycles. The minimum atomic E-state index is -0.846. The molecule has 1 rings (SSSR count). The Morgan fingerprint density at radius 2 is 0.662 bits per heavy atom. The molecule has 464 valence electrons. The highest BCUT2D eigenvalue weighted by atomic mass is 32.2. The van der Waals surface area contributed by atoms with Crippen molar-refractivity contribution in [2.75, 3.05) is 50.8 Å². The van der Waals surface area contributed by atoms with Crippen molar-refractivity contribution in [3.8, 4) is 0 Å². The molecule has 80 heavy (non-hydrogen) atoms. The number of nitrogens with one attached hydrogen (secondary N) is 2. The Bertz CT molecular complexity index is 1440. The Labute approximate surface area is 497 Å². The zero-order chi connectivity index (χ0) is 58.5. The van der Waals surface area contributed by atoms with Crippen LogP contribution in [-0.4, -0.2) is 140 Å². The number of piperazine rings is 1. The van der Waals surface area contributed by atoms with Gasteiger partial charge in [0.1, 0.15) is 12.1 Å². The Morgan fingerprint density at radius 3 is 0.925 bits per heavy atom. The molecule has 0 aromatic carbocycles. The van der Waals surface area contributed by atoms with E-state index in [4.69, 9.17) is 0 Å². The van der Waals surface area contributed by atoms with E-state index in [2.05, 4.69) is 86.9 Å². The maximum Gasteiger partial charge on any atom is 0.243 e. The summed E-state index contributed by atoms with van der Waals surface area (Å²) in [4.78, 5) is 56.6. The van der Waals surface area contributed by atoms with Crippen molar-refractivity contribution in [2.24, 2.45) is 0 Å². The average molecular weight is 1160 g/mol. The van der Waals surface area contributed by atoms with Crippen LogP contribution in [0.5, 0.6) is 0 Å². The van der Waals surface area contributed by atoms with E-state index in [9.17, 15) is 39.6 Å². The molecule has 1 saturated heterocycles. The number of unbranched alkanes of at least 4 members (excludes halogenated alkanes) is 24. The van der Waals surface area contributed by atoms with Gasteiger partial charge < -0.3 is 31.1 Å². The number of allylic oxidation sites excluding steroid dienone is 4. The van der Waals surface area contributed by atoms with Crippen molar-refractivity contribution in [3.63, 3.8) is 0 Å². The van der Waals surface area contributed by atoms with Gasteiger partial charge in [0, 0.05) is 63.6 Å². The summed E-state index contributed by atoms with van der Waals surface area (Å²) in [5.41, 5.74) is 0. The summed E-state index contributed by atoms with van der Waals surface area (Å²) >= 11 is 2.34. The molecule has 12 nitrogen and oxygen atoms in total. The quantitative estimate of drug-likeness (QED) is 0.0251. The molecule has 6 N–H and O–H groups in total. The lowest BCUT2D eigenvalue weighted by molar-refractivity contribution is -0.137. The second-order valence-corrected chi connectivity index (χ2v) is 25.1. The fraction of sp³-hybridized carbons (Fsp3) is 0.818. The predicted molar refractivity (Wildman–Crippen MR) is 341 cm³/mol. The number of carbonyl (C=O) groups excluding carboxylic acids is 4. The number of nitrogens with zero attached hydrogens (tertiary/aromatic N) is 2. The molecule has 2 amide bonds. The van der Waals surface area contributed by atoms with E-state index >= 15 is 0 Å². The summed E-state index contributed by atoms with van der Waals surface area (Å²) in [6, 6.07) is -1.69. The van der Waals surface area contributed by atoms with Crippen LogP contribution in [0.2, 0.25) is 0 Å². The third-order valence-corrected chi connectivity index (χ3v) is 16.8. The van der Waals surface area contributed by atoms with E-state index in [-0.39, 0.29) is 47.7 Å². The first kappa shape index (κ1) is 75.7. The first-order valence-electron chi connectivity index (χ1n) is 32.6. The molecular formula is C66H120N4O8S2. The maximum absolute atomic E-state index is 13.2. The summed E-state index contributed by atoms with van der Waals surface area (Å²) in [6.07, 6.45) is 51.2. The predicted octanol–water partition coefficient (Wildman–Crippen LogP) is 13.9. The molecule has 1 aliphatic heterocycles. The lowest BCUT2D eigenvalue weighted by Crippen LogP contribution is -2.61. The third-order valence-electron chi connectivity index (χ3n) is 15.0. The third kappa shape index (κ3) is 46.1. The van der Waals surface area contributed by atoms with Crippen LogP contribution < -0.4 is 10.6 Å². The van der Waals surface area contributed by atoms with E-state index < -0.39 is 36.5 Å². The van der Waals surface area contributed by atoms with E-state index in [1.807, 2.05) is 9.80 Å². The number of rotatable bonds is 56.